The average Bonchev–Trinajstić information content (AvgIpc) is 2.41. The molecule has 0 unspecified atom stereocenters. The van der Waals surface area contributed by atoms with Crippen molar-refractivity contribution >= 4 is 21.6 Å². The third-order valence-corrected chi connectivity index (χ3v) is 3.85. The smallest absolute Gasteiger partial charge is 0.0637 e. The Morgan fingerprint density at radius 2 is 1.95 bits per heavy atom. The normalized spacial score (nSPS) is 11.4. The van der Waals surface area contributed by atoms with E-state index < -0.39 is 0 Å². The third kappa shape index (κ3) is 6.81. The van der Waals surface area contributed by atoms with Crippen LogP contribution in [0, 0.1) is 5.92 Å². The van der Waals surface area contributed by atoms with Crippen molar-refractivity contribution in [1.82, 2.24) is 5.32 Å². The summed E-state index contributed by atoms with van der Waals surface area (Å²) in [6.07, 6.45) is 0. The van der Waals surface area contributed by atoms with Crippen molar-refractivity contribution in [3.8, 4) is 0 Å². The Bertz CT molecular complexity index is 421. The Kier molecular flexibility index (Phi) is 8.30. The van der Waals surface area contributed by atoms with Crippen molar-refractivity contribution in [2.75, 3.05) is 31.7 Å². The quantitative estimate of drug-likeness (QED) is 0.721. The molecular weight excluding hydrogens is 328 g/mol. The van der Waals surface area contributed by atoms with Gasteiger partial charge in [-0.3, -0.25) is 0 Å². The van der Waals surface area contributed by atoms with Crippen molar-refractivity contribution in [2.45, 2.75) is 40.3 Å². The molecule has 1 rings (SSSR count). The van der Waals surface area contributed by atoms with Gasteiger partial charge in [0.1, 0.15) is 0 Å². The molecule has 1 N–H and O–H groups in total. The Morgan fingerprint density at radius 1 is 1.24 bits per heavy atom. The minimum absolute atomic E-state index is 0.502. The number of anilines is 1. The predicted molar refractivity (Wildman–Crippen MR) is 95.0 cm³/mol. The topological polar surface area (TPSA) is 24.5 Å². The monoisotopic (exact) mass is 356 g/mol. The number of rotatable bonds is 9. The number of ether oxygens (including phenoxy) is 1. The van der Waals surface area contributed by atoms with Crippen LogP contribution < -0.4 is 10.2 Å². The molecule has 0 heterocycles. The molecule has 1 aromatic carbocycles. The van der Waals surface area contributed by atoms with Crippen molar-refractivity contribution in [1.29, 1.82) is 0 Å². The highest BCUT2D eigenvalue weighted by Crippen LogP contribution is 2.28. The van der Waals surface area contributed by atoms with Crippen LogP contribution in [0.25, 0.3) is 0 Å². The zero-order valence-corrected chi connectivity index (χ0v) is 15.5. The van der Waals surface area contributed by atoms with Gasteiger partial charge in [0.15, 0.2) is 0 Å². The number of hydrogen-bond acceptors (Lipinski definition) is 3. The van der Waals surface area contributed by atoms with Crippen molar-refractivity contribution in [3.05, 3.63) is 28.2 Å². The lowest BCUT2D eigenvalue weighted by atomic mass is 10.1. The summed E-state index contributed by atoms with van der Waals surface area (Å²) in [7, 11) is 1.75. The zero-order valence-electron chi connectivity index (χ0n) is 13.9. The lowest BCUT2D eigenvalue weighted by Crippen LogP contribution is -2.31. The van der Waals surface area contributed by atoms with Gasteiger partial charge in [-0.2, -0.15) is 0 Å². The van der Waals surface area contributed by atoms with E-state index in [2.05, 4.69) is 72.0 Å². The molecule has 4 heteroatoms. The summed E-state index contributed by atoms with van der Waals surface area (Å²) in [5, 5.41) is 3.45. The predicted octanol–water partition coefficient (Wildman–Crippen LogP) is 4.06. The molecule has 0 aliphatic rings. The average molecular weight is 357 g/mol. The molecule has 0 aliphatic heterocycles. The second-order valence-corrected chi connectivity index (χ2v) is 7.01. The second kappa shape index (κ2) is 9.44. The van der Waals surface area contributed by atoms with Gasteiger partial charge in [0, 0.05) is 37.3 Å². The van der Waals surface area contributed by atoms with Gasteiger partial charge in [-0.15, -0.1) is 0 Å². The van der Waals surface area contributed by atoms with Gasteiger partial charge in [-0.1, -0.05) is 33.8 Å². The molecule has 0 amide bonds. The highest BCUT2D eigenvalue weighted by molar-refractivity contribution is 9.10. The van der Waals surface area contributed by atoms with Gasteiger partial charge in [-0.05, 0) is 39.5 Å². The second-order valence-electron chi connectivity index (χ2n) is 6.15. The summed E-state index contributed by atoms with van der Waals surface area (Å²) < 4.78 is 6.39. The van der Waals surface area contributed by atoms with Gasteiger partial charge in [0.05, 0.1) is 12.3 Å². The van der Waals surface area contributed by atoms with Crippen molar-refractivity contribution in [3.63, 3.8) is 0 Å². The van der Waals surface area contributed by atoms with Crippen molar-refractivity contribution < 1.29 is 4.74 Å². The fraction of sp³-hybridized carbons (Fsp3) is 0.647. The first kappa shape index (κ1) is 18.5. The summed E-state index contributed by atoms with van der Waals surface area (Å²) in [6.45, 7) is 12.4. The Hall–Kier alpha value is -0.580. The molecule has 0 bridgehead atoms. The van der Waals surface area contributed by atoms with E-state index in [0.717, 1.165) is 30.7 Å². The number of nitrogens with one attached hydrogen (secondary N) is 1. The number of nitrogens with zero attached hydrogens (tertiary/aromatic N) is 1. The molecular formula is C17H29BrN2O. The van der Waals surface area contributed by atoms with E-state index in [0.29, 0.717) is 12.0 Å². The van der Waals surface area contributed by atoms with Crippen LogP contribution in [0.4, 0.5) is 5.69 Å². The Labute approximate surface area is 138 Å². The Balaban J connectivity index is 2.82. The first-order valence-corrected chi connectivity index (χ1v) is 8.49. The number of halogens is 1. The van der Waals surface area contributed by atoms with Gasteiger partial charge < -0.3 is 15.0 Å². The largest absolute Gasteiger partial charge is 0.383 e. The molecule has 21 heavy (non-hydrogen) atoms. The van der Waals surface area contributed by atoms with Crippen LogP contribution in [0.5, 0.6) is 0 Å². The SMILES string of the molecule is COCCN(CC(C)C)c1ccc(CNC(C)C)cc1Br. The van der Waals surface area contributed by atoms with E-state index in [9.17, 15) is 0 Å². The first-order valence-electron chi connectivity index (χ1n) is 7.69. The number of benzene rings is 1. The van der Waals surface area contributed by atoms with Crippen LogP contribution in [-0.4, -0.2) is 32.8 Å². The van der Waals surface area contributed by atoms with Crippen LogP contribution in [0.15, 0.2) is 22.7 Å². The summed E-state index contributed by atoms with van der Waals surface area (Å²) in [6, 6.07) is 7.13. The van der Waals surface area contributed by atoms with Gasteiger partial charge in [0.25, 0.3) is 0 Å². The highest BCUT2D eigenvalue weighted by atomic mass is 79.9. The first-order chi connectivity index (χ1) is 9.93. The molecule has 0 radical (unpaired) electrons. The summed E-state index contributed by atoms with van der Waals surface area (Å²) in [4.78, 5) is 2.39. The zero-order chi connectivity index (χ0) is 15.8. The minimum atomic E-state index is 0.502. The van der Waals surface area contributed by atoms with E-state index in [1.807, 2.05) is 0 Å². The molecule has 3 nitrogen and oxygen atoms in total. The van der Waals surface area contributed by atoms with Gasteiger partial charge in [-0.25, -0.2) is 0 Å². The van der Waals surface area contributed by atoms with Crippen molar-refractivity contribution in [2.24, 2.45) is 5.92 Å². The molecule has 0 atom stereocenters. The van der Waals surface area contributed by atoms with Gasteiger partial charge in [0.2, 0.25) is 0 Å². The Morgan fingerprint density at radius 3 is 2.48 bits per heavy atom. The summed E-state index contributed by atoms with van der Waals surface area (Å²) >= 11 is 3.73. The maximum absolute atomic E-state index is 5.24. The van der Waals surface area contributed by atoms with E-state index in [4.69, 9.17) is 4.74 Å². The fourth-order valence-corrected chi connectivity index (χ4v) is 2.87. The highest BCUT2D eigenvalue weighted by Gasteiger charge is 2.12. The van der Waals surface area contributed by atoms with E-state index in [1.165, 1.54) is 11.3 Å². The fourth-order valence-electron chi connectivity index (χ4n) is 2.19. The van der Waals surface area contributed by atoms with Crippen LogP contribution >= 0.6 is 15.9 Å². The molecule has 1 aromatic rings. The van der Waals surface area contributed by atoms with Crippen LogP contribution in [0.1, 0.15) is 33.3 Å². The van der Waals surface area contributed by atoms with E-state index in [-0.39, 0.29) is 0 Å². The number of hydrogen-bond donors (Lipinski definition) is 1. The molecule has 0 fully saturated rings. The number of methoxy groups -OCH3 is 1. The van der Waals surface area contributed by atoms with E-state index >= 15 is 0 Å². The van der Waals surface area contributed by atoms with Crippen LogP contribution in [-0.2, 0) is 11.3 Å². The minimum Gasteiger partial charge on any atom is -0.383 e. The summed E-state index contributed by atoms with van der Waals surface area (Å²) in [5.74, 6) is 0.621. The molecule has 0 aliphatic carbocycles. The van der Waals surface area contributed by atoms with Gasteiger partial charge >= 0.3 is 0 Å². The third-order valence-electron chi connectivity index (χ3n) is 3.22. The lowest BCUT2D eigenvalue weighted by Gasteiger charge is -2.28. The standard InChI is InChI=1S/C17H29BrN2O/c1-13(2)12-20(8-9-21-5)17-7-6-15(10-16(17)18)11-19-14(3)4/h6-7,10,13-14,19H,8-9,11-12H2,1-5H3. The van der Waals surface area contributed by atoms with E-state index in [1.54, 1.807) is 7.11 Å². The molecule has 0 aromatic heterocycles. The van der Waals surface area contributed by atoms with Crippen LogP contribution in [0.2, 0.25) is 0 Å². The molecule has 0 spiro atoms. The molecule has 120 valence electrons. The van der Waals surface area contributed by atoms with Crippen LogP contribution in [0.3, 0.4) is 0 Å². The molecule has 0 saturated carbocycles. The maximum atomic E-state index is 5.24. The summed E-state index contributed by atoms with van der Waals surface area (Å²) in [5.41, 5.74) is 2.55. The molecule has 0 saturated heterocycles. The maximum Gasteiger partial charge on any atom is 0.0637 e. The lowest BCUT2D eigenvalue weighted by molar-refractivity contribution is 0.204.